The lowest BCUT2D eigenvalue weighted by Crippen LogP contribution is -2.44. The van der Waals surface area contributed by atoms with Gasteiger partial charge in [-0.3, -0.25) is 4.39 Å². The van der Waals surface area contributed by atoms with Crippen LogP contribution in [0, 0.1) is 5.92 Å². The molecule has 2 nitrogen and oxygen atoms in total. The normalized spacial score (nSPS) is 24.6. The number of halogens is 1. The fourth-order valence-electron chi connectivity index (χ4n) is 2.52. The van der Waals surface area contributed by atoms with Crippen molar-refractivity contribution in [2.24, 2.45) is 5.92 Å². The first-order chi connectivity index (χ1) is 7.77. The van der Waals surface area contributed by atoms with Gasteiger partial charge in [0.1, 0.15) is 0 Å². The highest BCUT2D eigenvalue weighted by Crippen LogP contribution is 2.19. The highest BCUT2D eigenvalue weighted by Gasteiger charge is 2.23. The number of rotatable bonds is 7. The standard InChI is InChI=1S/C13H27FN2/c1-3-8-15-12(2)13-6-4-9-16(11-13)10-5-7-14/h12-13,15H,3-11H2,1-2H3. The molecule has 0 aliphatic carbocycles. The molecule has 0 amide bonds. The number of hydrogen-bond acceptors (Lipinski definition) is 2. The number of alkyl halides is 1. The van der Waals surface area contributed by atoms with Crippen molar-refractivity contribution in [3.8, 4) is 0 Å². The Labute approximate surface area is 99.6 Å². The number of hydrogen-bond donors (Lipinski definition) is 1. The van der Waals surface area contributed by atoms with Gasteiger partial charge in [0.05, 0.1) is 6.67 Å². The highest BCUT2D eigenvalue weighted by molar-refractivity contribution is 4.80. The Bertz CT molecular complexity index is 169. The van der Waals surface area contributed by atoms with Crippen molar-refractivity contribution >= 4 is 0 Å². The van der Waals surface area contributed by atoms with E-state index in [4.69, 9.17) is 0 Å². The van der Waals surface area contributed by atoms with Gasteiger partial charge in [-0.15, -0.1) is 0 Å². The van der Waals surface area contributed by atoms with Crippen LogP contribution in [0.5, 0.6) is 0 Å². The number of likely N-dealkylation sites (tertiary alicyclic amines) is 1. The molecule has 0 aromatic carbocycles. The summed E-state index contributed by atoms with van der Waals surface area (Å²) in [5, 5.41) is 3.58. The Balaban J connectivity index is 2.25. The SMILES string of the molecule is CCCNC(C)C1CCCN(CCCF)C1. The van der Waals surface area contributed by atoms with Gasteiger partial charge in [0.15, 0.2) is 0 Å². The van der Waals surface area contributed by atoms with Crippen molar-refractivity contribution in [3.63, 3.8) is 0 Å². The van der Waals surface area contributed by atoms with Crippen LogP contribution in [0.4, 0.5) is 4.39 Å². The van der Waals surface area contributed by atoms with Crippen LogP contribution in [0.3, 0.4) is 0 Å². The van der Waals surface area contributed by atoms with Gasteiger partial charge in [-0.25, -0.2) is 0 Å². The smallest absolute Gasteiger partial charge is 0.0906 e. The van der Waals surface area contributed by atoms with E-state index in [0.29, 0.717) is 12.5 Å². The van der Waals surface area contributed by atoms with Crippen LogP contribution in [0.1, 0.15) is 39.5 Å². The highest BCUT2D eigenvalue weighted by atomic mass is 19.1. The monoisotopic (exact) mass is 230 g/mol. The van der Waals surface area contributed by atoms with Gasteiger partial charge in [-0.1, -0.05) is 6.92 Å². The molecule has 2 atom stereocenters. The second-order valence-electron chi connectivity index (χ2n) is 4.99. The molecule has 0 aromatic heterocycles. The lowest BCUT2D eigenvalue weighted by Gasteiger charge is -2.36. The molecule has 1 saturated heterocycles. The molecule has 0 radical (unpaired) electrons. The fraction of sp³-hybridized carbons (Fsp3) is 1.00. The summed E-state index contributed by atoms with van der Waals surface area (Å²) in [6.07, 6.45) is 4.49. The number of nitrogens with one attached hydrogen (secondary N) is 1. The number of piperidine rings is 1. The molecule has 0 bridgehead atoms. The van der Waals surface area contributed by atoms with E-state index in [1.54, 1.807) is 0 Å². The Morgan fingerprint density at radius 3 is 3.00 bits per heavy atom. The molecule has 3 heteroatoms. The van der Waals surface area contributed by atoms with Gasteiger partial charge in [-0.2, -0.15) is 0 Å². The second-order valence-corrected chi connectivity index (χ2v) is 4.99. The summed E-state index contributed by atoms with van der Waals surface area (Å²) < 4.78 is 12.1. The van der Waals surface area contributed by atoms with Gasteiger partial charge >= 0.3 is 0 Å². The van der Waals surface area contributed by atoms with Crippen molar-refractivity contribution in [1.82, 2.24) is 10.2 Å². The molecule has 1 aliphatic rings. The zero-order chi connectivity index (χ0) is 11.8. The average molecular weight is 230 g/mol. The molecule has 0 spiro atoms. The molecule has 2 unspecified atom stereocenters. The maximum absolute atomic E-state index is 12.1. The minimum Gasteiger partial charge on any atom is -0.314 e. The van der Waals surface area contributed by atoms with Gasteiger partial charge in [0.25, 0.3) is 0 Å². The van der Waals surface area contributed by atoms with Gasteiger partial charge < -0.3 is 10.2 Å². The Morgan fingerprint density at radius 2 is 2.31 bits per heavy atom. The van der Waals surface area contributed by atoms with Crippen LogP contribution >= 0.6 is 0 Å². The fourth-order valence-corrected chi connectivity index (χ4v) is 2.52. The molecule has 0 aromatic rings. The van der Waals surface area contributed by atoms with Gasteiger partial charge in [0.2, 0.25) is 0 Å². The van der Waals surface area contributed by atoms with E-state index in [-0.39, 0.29) is 6.67 Å². The maximum Gasteiger partial charge on any atom is 0.0906 e. The molecule has 16 heavy (non-hydrogen) atoms. The van der Waals surface area contributed by atoms with E-state index in [2.05, 4.69) is 24.1 Å². The predicted molar refractivity (Wildman–Crippen MR) is 67.5 cm³/mol. The van der Waals surface area contributed by atoms with E-state index in [1.807, 2.05) is 0 Å². The van der Waals surface area contributed by atoms with Crippen molar-refractivity contribution in [1.29, 1.82) is 0 Å². The first kappa shape index (κ1) is 13.9. The summed E-state index contributed by atoms with van der Waals surface area (Å²) in [6.45, 7) is 8.68. The largest absolute Gasteiger partial charge is 0.314 e. The summed E-state index contributed by atoms with van der Waals surface area (Å²) in [4.78, 5) is 2.43. The topological polar surface area (TPSA) is 15.3 Å². The molecular weight excluding hydrogens is 203 g/mol. The van der Waals surface area contributed by atoms with E-state index < -0.39 is 0 Å². The summed E-state index contributed by atoms with van der Waals surface area (Å²) in [7, 11) is 0. The zero-order valence-electron chi connectivity index (χ0n) is 10.8. The third-order valence-electron chi connectivity index (χ3n) is 3.57. The molecule has 1 rings (SSSR count). The van der Waals surface area contributed by atoms with Crippen LogP contribution < -0.4 is 5.32 Å². The van der Waals surface area contributed by atoms with Crippen LogP contribution in [-0.4, -0.2) is 43.8 Å². The lowest BCUT2D eigenvalue weighted by atomic mass is 9.91. The van der Waals surface area contributed by atoms with Crippen molar-refractivity contribution in [3.05, 3.63) is 0 Å². The summed E-state index contributed by atoms with van der Waals surface area (Å²) in [5.41, 5.74) is 0. The lowest BCUT2D eigenvalue weighted by molar-refractivity contribution is 0.146. The van der Waals surface area contributed by atoms with Gasteiger partial charge in [-0.05, 0) is 51.6 Å². The Kier molecular flexibility index (Phi) is 6.97. The number of nitrogens with zero attached hydrogens (tertiary/aromatic N) is 1. The van der Waals surface area contributed by atoms with E-state index in [9.17, 15) is 4.39 Å². The molecule has 1 heterocycles. The van der Waals surface area contributed by atoms with E-state index >= 15 is 0 Å². The molecule has 96 valence electrons. The minimum absolute atomic E-state index is 0.176. The summed E-state index contributed by atoms with van der Waals surface area (Å²) >= 11 is 0. The third-order valence-corrected chi connectivity index (χ3v) is 3.57. The molecule has 1 N–H and O–H groups in total. The second kappa shape index (κ2) is 8.02. The minimum atomic E-state index is -0.176. The van der Waals surface area contributed by atoms with Crippen molar-refractivity contribution < 1.29 is 4.39 Å². The first-order valence-electron chi connectivity index (χ1n) is 6.79. The molecule has 1 aliphatic heterocycles. The van der Waals surface area contributed by atoms with Crippen molar-refractivity contribution in [2.75, 3.05) is 32.9 Å². The van der Waals surface area contributed by atoms with E-state index in [0.717, 1.165) is 32.1 Å². The summed E-state index contributed by atoms with van der Waals surface area (Å²) in [6, 6.07) is 0.605. The van der Waals surface area contributed by atoms with Gasteiger partial charge in [0, 0.05) is 19.1 Å². The third kappa shape index (κ3) is 4.79. The predicted octanol–water partition coefficient (Wildman–Crippen LogP) is 2.45. The average Bonchev–Trinajstić information content (AvgIpc) is 2.33. The Morgan fingerprint density at radius 1 is 1.50 bits per heavy atom. The Hall–Kier alpha value is -0.150. The molecule has 0 saturated carbocycles. The quantitative estimate of drug-likeness (QED) is 0.722. The molecule has 1 fully saturated rings. The van der Waals surface area contributed by atoms with Crippen molar-refractivity contribution in [2.45, 2.75) is 45.6 Å². The van der Waals surface area contributed by atoms with Crippen LogP contribution in [0.2, 0.25) is 0 Å². The zero-order valence-corrected chi connectivity index (χ0v) is 10.8. The van der Waals surface area contributed by atoms with E-state index in [1.165, 1.54) is 19.3 Å². The maximum atomic E-state index is 12.1. The molecular formula is C13H27FN2. The first-order valence-corrected chi connectivity index (χ1v) is 6.79. The van der Waals surface area contributed by atoms with Crippen LogP contribution in [0.15, 0.2) is 0 Å². The van der Waals surface area contributed by atoms with Crippen LogP contribution in [-0.2, 0) is 0 Å². The van der Waals surface area contributed by atoms with Crippen LogP contribution in [0.25, 0.3) is 0 Å². The summed E-state index contributed by atoms with van der Waals surface area (Å²) in [5.74, 6) is 0.750.